The number of rotatable bonds is 5. The predicted molar refractivity (Wildman–Crippen MR) is 89.2 cm³/mol. The van der Waals surface area contributed by atoms with Gasteiger partial charge in [-0.05, 0) is 30.2 Å². The number of hydrogen-bond acceptors (Lipinski definition) is 4. The number of nitriles is 1. The van der Waals surface area contributed by atoms with Gasteiger partial charge in [-0.15, -0.1) is 0 Å². The molecule has 0 radical (unpaired) electrons. The summed E-state index contributed by atoms with van der Waals surface area (Å²) in [6.45, 7) is 1.94. The number of methoxy groups -OCH3 is 1. The second kappa shape index (κ2) is 7.93. The molecular weight excluding hydrogens is 304 g/mol. The average Bonchev–Trinajstić information content (AvgIpc) is 2.60. The minimum Gasteiger partial charge on any atom is -0.467 e. The van der Waals surface area contributed by atoms with Crippen LogP contribution in [-0.4, -0.2) is 19.0 Å². The molecule has 1 atom stereocenters. The van der Waals surface area contributed by atoms with Gasteiger partial charge in [0, 0.05) is 5.56 Å². The van der Waals surface area contributed by atoms with Crippen LogP contribution in [0.1, 0.15) is 33.1 Å². The van der Waals surface area contributed by atoms with Crippen molar-refractivity contribution in [3.63, 3.8) is 0 Å². The number of hydrogen-bond donors (Lipinski definition) is 1. The molecule has 0 heterocycles. The lowest BCUT2D eigenvalue weighted by atomic mass is 10.0. The van der Waals surface area contributed by atoms with Crippen molar-refractivity contribution < 1.29 is 14.3 Å². The van der Waals surface area contributed by atoms with Crippen molar-refractivity contribution in [3.05, 3.63) is 70.8 Å². The Morgan fingerprint density at radius 1 is 1.21 bits per heavy atom. The van der Waals surface area contributed by atoms with E-state index in [1.165, 1.54) is 7.11 Å². The number of carbonyl (C=O) groups excluding carboxylic acids is 2. The number of esters is 1. The first-order chi connectivity index (χ1) is 11.5. The molecule has 1 amide bonds. The highest BCUT2D eigenvalue weighted by Crippen LogP contribution is 2.17. The Balaban J connectivity index is 2.24. The van der Waals surface area contributed by atoms with Crippen LogP contribution < -0.4 is 5.32 Å². The van der Waals surface area contributed by atoms with Crippen LogP contribution in [0.25, 0.3) is 0 Å². The van der Waals surface area contributed by atoms with Gasteiger partial charge in [-0.25, -0.2) is 4.79 Å². The molecule has 0 aromatic heterocycles. The zero-order valence-corrected chi connectivity index (χ0v) is 13.6. The van der Waals surface area contributed by atoms with Crippen molar-refractivity contribution in [3.8, 4) is 6.07 Å². The van der Waals surface area contributed by atoms with Crippen LogP contribution in [-0.2, 0) is 16.0 Å². The lowest BCUT2D eigenvalue weighted by Gasteiger charge is -2.17. The summed E-state index contributed by atoms with van der Waals surface area (Å²) in [5, 5.41) is 11.5. The Bertz CT molecular complexity index is 776. The first-order valence-electron chi connectivity index (χ1n) is 7.46. The maximum atomic E-state index is 12.5. The molecule has 5 heteroatoms. The molecule has 0 fully saturated rings. The number of benzene rings is 2. The van der Waals surface area contributed by atoms with Crippen LogP contribution in [0, 0.1) is 18.3 Å². The highest BCUT2D eigenvalue weighted by Gasteiger charge is 2.24. The Kier molecular flexibility index (Phi) is 5.69. The Morgan fingerprint density at radius 3 is 2.54 bits per heavy atom. The normalized spacial score (nSPS) is 11.2. The lowest BCUT2D eigenvalue weighted by molar-refractivity contribution is -0.143. The maximum Gasteiger partial charge on any atom is 0.333 e. The molecule has 0 saturated heterocycles. The summed E-state index contributed by atoms with van der Waals surface area (Å²) in [5.74, 6) is -0.939. The minimum absolute atomic E-state index is 0.222. The molecule has 1 N–H and O–H groups in total. The summed E-state index contributed by atoms with van der Waals surface area (Å²) in [6, 6.07) is 15.2. The van der Waals surface area contributed by atoms with Crippen LogP contribution in [0.4, 0.5) is 0 Å². The van der Waals surface area contributed by atoms with Gasteiger partial charge in [0.15, 0.2) is 6.04 Å². The molecule has 2 aromatic carbocycles. The zero-order valence-electron chi connectivity index (χ0n) is 13.6. The molecule has 0 aliphatic heterocycles. The van der Waals surface area contributed by atoms with Gasteiger partial charge >= 0.3 is 5.97 Å². The van der Waals surface area contributed by atoms with Crippen molar-refractivity contribution in [1.82, 2.24) is 5.32 Å². The fraction of sp³-hybridized carbons (Fsp3) is 0.211. The van der Waals surface area contributed by atoms with Gasteiger partial charge in [0.05, 0.1) is 19.6 Å². The lowest BCUT2D eigenvalue weighted by Crippen LogP contribution is -2.34. The number of aryl methyl sites for hydroxylation is 1. The summed E-state index contributed by atoms with van der Waals surface area (Å²) in [7, 11) is 1.28. The van der Waals surface area contributed by atoms with E-state index in [1.54, 1.807) is 36.4 Å². The van der Waals surface area contributed by atoms with E-state index in [1.807, 2.05) is 25.1 Å². The SMILES string of the molecule is COC(=O)[C@@H](NC(=O)c1cccc(CC#N)c1)c1ccc(C)cc1. The molecule has 122 valence electrons. The second-order valence-corrected chi connectivity index (χ2v) is 5.38. The summed E-state index contributed by atoms with van der Waals surface area (Å²) < 4.78 is 4.80. The van der Waals surface area contributed by atoms with E-state index in [9.17, 15) is 9.59 Å². The third kappa shape index (κ3) is 4.20. The first-order valence-corrected chi connectivity index (χ1v) is 7.46. The largest absolute Gasteiger partial charge is 0.467 e. The quantitative estimate of drug-likeness (QED) is 0.858. The molecule has 2 rings (SSSR count). The topological polar surface area (TPSA) is 79.2 Å². The van der Waals surface area contributed by atoms with Crippen LogP contribution in [0.15, 0.2) is 48.5 Å². The molecule has 5 nitrogen and oxygen atoms in total. The first kappa shape index (κ1) is 17.2. The van der Waals surface area contributed by atoms with Crippen LogP contribution >= 0.6 is 0 Å². The molecule has 2 aromatic rings. The molecule has 24 heavy (non-hydrogen) atoms. The van der Waals surface area contributed by atoms with E-state index in [2.05, 4.69) is 5.32 Å². The molecule has 0 saturated carbocycles. The summed E-state index contributed by atoms with van der Waals surface area (Å²) >= 11 is 0. The van der Waals surface area contributed by atoms with Gasteiger partial charge in [0.2, 0.25) is 0 Å². The summed E-state index contributed by atoms with van der Waals surface area (Å²) in [4.78, 5) is 24.5. The third-order valence-corrected chi connectivity index (χ3v) is 3.60. The van der Waals surface area contributed by atoms with Crippen LogP contribution in [0.2, 0.25) is 0 Å². The minimum atomic E-state index is -0.886. The standard InChI is InChI=1S/C19H18N2O3/c1-13-6-8-15(9-7-13)17(19(23)24-2)21-18(22)16-5-3-4-14(12-16)10-11-20/h3-9,12,17H,10H2,1-2H3,(H,21,22)/t17-/m0/s1. The number of nitrogens with one attached hydrogen (secondary N) is 1. The van der Waals surface area contributed by atoms with Gasteiger partial charge in [-0.2, -0.15) is 5.26 Å². The predicted octanol–water partition coefficient (Wildman–Crippen LogP) is 2.71. The molecular formula is C19H18N2O3. The van der Waals surface area contributed by atoms with E-state index < -0.39 is 17.9 Å². The Labute approximate surface area is 140 Å². The van der Waals surface area contributed by atoms with Gasteiger partial charge in [-0.3, -0.25) is 4.79 Å². The van der Waals surface area contributed by atoms with Crippen LogP contribution in [0.5, 0.6) is 0 Å². The smallest absolute Gasteiger partial charge is 0.333 e. The van der Waals surface area contributed by atoms with Gasteiger partial charge in [0.1, 0.15) is 0 Å². The maximum absolute atomic E-state index is 12.5. The Morgan fingerprint density at radius 2 is 1.92 bits per heavy atom. The summed E-state index contributed by atoms with van der Waals surface area (Å²) in [6.07, 6.45) is 0.222. The fourth-order valence-corrected chi connectivity index (χ4v) is 2.28. The average molecular weight is 322 g/mol. The second-order valence-electron chi connectivity index (χ2n) is 5.38. The summed E-state index contributed by atoms with van der Waals surface area (Å²) in [5.41, 5.74) is 2.84. The van der Waals surface area contributed by atoms with Crippen LogP contribution in [0.3, 0.4) is 0 Å². The van der Waals surface area contributed by atoms with Crippen molar-refractivity contribution in [2.24, 2.45) is 0 Å². The van der Waals surface area contributed by atoms with Gasteiger partial charge in [-0.1, -0.05) is 42.0 Å². The molecule has 0 bridgehead atoms. The van der Waals surface area contributed by atoms with Crippen molar-refractivity contribution in [2.45, 2.75) is 19.4 Å². The molecule has 0 unspecified atom stereocenters. The van der Waals surface area contributed by atoms with Crippen molar-refractivity contribution in [2.75, 3.05) is 7.11 Å². The zero-order chi connectivity index (χ0) is 17.5. The molecule has 0 aliphatic carbocycles. The highest BCUT2D eigenvalue weighted by molar-refractivity contribution is 5.97. The van der Waals surface area contributed by atoms with E-state index in [-0.39, 0.29) is 6.42 Å². The van der Waals surface area contributed by atoms with Crippen molar-refractivity contribution in [1.29, 1.82) is 5.26 Å². The molecule has 0 spiro atoms. The van der Waals surface area contributed by atoms with Gasteiger partial charge in [0.25, 0.3) is 5.91 Å². The van der Waals surface area contributed by atoms with Gasteiger partial charge < -0.3 is 10.1 Å². The monoisotopic (exact) mass is 322 g/mol. The number of nitrogens with zero attached hydrogens (tertiary/aromatic N) is 1. The number of amides is 1. The highest BCUT2D eigenvalue weighted by atomic mass is 16.5. The van der Waals surface area contributed by atoms with E-state index >= 15 is 0 Å². The fourth-order valence-electron chi connectivity index (χ4n) is 2.28. The molecule has 0 aliphatic rings. The number of ether oxygens (including phenoxy) is 1. The van der Waals surface area contributed by atoms with E-state index in [0.29, 0.717) is 11.1 Å². The van der Waals surface area contributed by atoms with Crippen molar-refractivity contribution >= 4 is 11.9 Å². The number of carbonyl (C=O) groups is 2. The van der Waals surface area contributed by atoms with E-state index in [4.69, 9.17) is 10.00 Å². The third-order valence-electron chi connectivity index (χ3n) is 3.60. The Hall–Kier alpha value is -3.13. The van der Waals surface area contributed by atoms with E-state index in [0.717, 1.165) is 11.1 Å².